The van der Waals surface area contributed by atoms with Gasteiger partial charge in [-0.1, -0.05) is 23.7 Å². The molecule has 9 heteroatoms. The molecule has 0 aliphatic carbocycles. The number of nitrogens with one attached hydrogen (secondary N) is 1. The van der Waals surface area contributed by atoms with Gasteiger partial charge in [-0.15, -0.1) is 5.10 Å². The lowest BCUT2D eigenvalue weighted by molar-refractivity contribution is 0.413. The predicted octanol–water partition coefficient (Wildman–Crippen LogP) is 4.93. The van der Waals surface area contributed by atoms with E-state index in [0.717, 1.165) is 42.1 Å². The van der Waals surface area contributed by atoms with E-state index in [0.29, 0.717) is 16.9 Å². The molecule has 158 valence electrons. The molecule has 5 rings (SSSR count). The van der Waals surface area contributed by atoms with Crippen molar-refractivity contribution in [1.29, 1.82) is 0 Å². The van der Waals surface area contributed by atoms with Gasteiger partial charge in [0.15, 0.2) is 0 Å². The zero-order valence-corrected chi connectivity index (χ0v) is 17.6. The van der Waals surface area contributed by atoms with E-state index in [1.165, 1.54) is 12.1 Å². The molecule has 31 heavy (non-hydrogen) atoms. The van der Waals surface area contributed by atoms with Gasteiger partial charge in [0.2, 0.25) is 5.95 Å². The Kier molecular flexibility index (Phi) is 5.07. The maximum atomic E-state index is 13.3. The lowest BCUT2D eigenvalue weighted by atomic mass is 9.91. The summed E-state index contributed by atoms with van der Waals surface area (Å²) in [4.78, 5) is 8.79. The molecule has 0 amide bonds. The number of anilines is 2. The van der Waals surface area contributed by atoms with E-state index >= 15 is 0 Å². The minimum atomic E-state index is -0.237. The maximum Gasteiger partial charge on any atom is 0.246 e. The van der Waals surface area contributed by atoms with Gasteiger partial charge in [-0.25, -0.2) is 14.1 Å². The fourth-order valence-electron chi connectivity index (χ4n) is 3.94. The zero-order chi connectivity index (χ0) is 21.4. The number of hydrogen-bond donors (Lipinski definition) is 1. The Morgan fingerprint density at radius 1 is 1.19 bits per heavy atom. The second-order valence-electron chi connectivity index (χ2n) is 7.38. The molecule has 1 N–H and O–H groups in total. The van der Waals surface area contributed by atoms with Crippen LogP contribution < -0.4 is 10.1 Å². The standard InChI is InChI=1S/C22H20ClFN6O/c1-31-19-11-16(8-9-18(19)29-12-20(23)25-13-29)26-22-27-21-17(3-2-10-30(21)28-22)14-4-6-15(24)7-5-14/h4-9,11-13,17H,2-3,10H2,1H3,(H,26,28). The molecule has 1 atom stereocenters. The lowest BCUT2D eigenvalue weighted by Gasteiger charge is -2.22. The summed E-state index contributed by atoms with van der Waals surface area (Å²) in [6.45, 7) is 0.811. The fourth-order valence-corrected chi connectivity index (χ4v) is 4.09. The van der Waals surface area contributed by atoms with Crippen LogP contribution in [-0.2, 0) is 6.54 Å². The molecule has 3 heterocycles. The van der Waals surface area contributed by atoms with E-state index in [2.05, 4.69) is 15.4 Å². The number of hydrogen-bond acceptors (Lipinski definition) is 5. The minimum absolute atomic E-state index is 0.0975. The van der Waals surface area contributed by atoms with Crippen LogP contribution >= 0.6 is 11.6 Å². The summed E-state index contributed by atoms with van der Waals surface area (Å²) in [5.74, 6) is 1.92. The highest BCUT2D eigenvalue weighted by Crippen LogP contribution is 2.34. The van der Waals surface area contributed by atoms with Crippen LogP contribution in [-0.4, -0.2) is 31.4 Å². The number of nitrogens with zero attached hydrogens (tertiary/aromatic N) is 5. The molecule has 1 aliphatic rings. The Morgan fingerprint density at radius 3 is 2.77 bits per heavy atom. The van der Waals surface area contributed by atoms with Crippen LogP contribution in [0.25, 0.3) is 5.69 Å². The average molecular weight is 439 g/mol. The summed E-state index contributed by atoms with van der Waals surface area (Å²) in [7, 11) is 1.61. The fraction of sp³-hybridized carbons (Fsp3) is 0.227. The van der Waals surface area contributed by atoms with E-state index in [1.807, 2.05) is 35.0 Å². The molecule has 4 aromatic rings. The number of imidazole rings is 1. The predicted molar refractivity (Wildman–Crippen MR) is 116 cm³/mol. The van der Waals surface area contributed by atoms with Crippen molar-refractivity contribution in [3.05, 3.63) is 77.3 Å². The number of rotatable bonds is 5. The Hall–Kier alpha value is -3.39. The monoisotopic (exact) mass is 438 g/mol. The number of aromatic nitrogens is 5. The molecule has 0 bridgehead atoms. The van der Waals surface area contributed by atoms with Gasteiger partial charge in [-0.3, -0.25) is 0 Å². The SMILES string of the molecule is COc1cc(Nc2nc3n(n2)CCCC3c2ccc(F)cc2)ccc1-n1cnc(Cl)c1. The summed E-state index contributed by atoms with van der Waals surface area (Å²) in [6.07, 6.45) is 5.30. The van der Waals surface area contributed by atoms with Crippen molar-refractivity contribution >= 4 is 23.2 Å². The zero-order valence-electron chi connectivity index (χ0n) is 16.8. The van der Waals surface area contributed by atoms with Crippen LogP contribution in [0.5, 0.6) is 5.75 Å². The summed E-state index contributed by atoms with van der Waals surface area (Å²) < 4.78 is 22.6. The number of halogens is 2. The van der Waals surface area contributed by atoms with Crippen molar-refractivity contribution in [1.82, 2.24) is 24.3 Å². The van der Waals surface area contributed by atoms with Crippen molar-refractivity contribution in [2.45, 2.75) is 25.3 Å². The largest absolute Gasteiger partial charge is 0.494 e. The normalized spacial score (nSPS) is 15.5. The van der Waals surface area contributed by atoms with E-state index in [1.54, 1.807) is 24.2 Å². The first-order valence-corrected chi connectivity index (χ1v) is 10.3. The number of ether oxygens (including phenoxy) is 1. The molecule has 1 aliphatic heterocycles. The third kappa shape index (κ3) is 3.86. The highest BCUT2D eigenvalue weighted by molar-refractivity contribution is 6.29. The Morgan fingerprint density at radius 2 is 2.03 bits per heavy atom. The van der Waals surface area contributed by atoms with Crippen molar-refractivity contribution < 1.29 is 9.13 Å². The van der Waals surface area contributed by atoms with Crippen molar-refractivity contribution in [2.75, 3.05) is 12.4 Å². The van der Waals surface area contributed by atoms with Crippen LogP contribution in [0.4, 0.5) is 16.0 Å². The first kappa shape index (κ1) is 19.6. The summed E-state index contributed by atoms with van der Waals surface area (Å²) >= 11 is 5.94. The van der Waals surface area contributed by atoms with Crippen LogP contribution in [0.2, 0.25) is 5.15 Å². The number of fused-ring (bicyclic) bond motifs is 1. The summed E-state index contributed by atoms with van der Waals surface area (Å²) in [5, 5.41) is 8.30. The van der Waals surface area contributed by atoms with Gasteiger partial charge in [-0.2, -0.15) is 4.98 Å². The Bertz CT molecular complexity index is 1220. The van der Waals surface area contributed by atoms with Gasteiger partial charge in [0, 0.05) is 30.4 Å². The maximum absolute atomic E-state index is 13.3. The van der Waals surface area contributed by atoms with Gasteiger partial charge in [0.25, 0.3) is 0 Å². The van der Waals surface area contributed by atoms with Gasteiger partial charge < -0.3 is 14.6 Å². The van der Waals surface area contributed by atoms with Gasteiger partial charge in [-0.05, 0) is 42.7 Å². The van der Waals surface area contributed by atoms with Crippen molar-refractivity contribution in [3.63, 3.8) is 0 Å². The number of aryl methyl sites for hydroxylation is 1. The molecule has 0 saturated heterocycles. The average Bonchev–Trinajstić information content (AvgIpc) is 3.39. The summed E-state index contributed by atoms with van der Waals surface area (Å²) in [5.41, 5.74) is 2.67. The molecule has 0 fully saturated rings. The highest BCUT2D eigenvalue weighted by atomic mass is 35.5. The first-order valence-electron chi connectivity index (χ1n) is 9.96. The molecule has 2 aromatic carbocycles. The molecule has 0 saturated carbocycles. The third-order valence-corrected chi connectivity index (χ3v) is 5.61. The molecule has 7 nitrogen and oxygen atoms in total. The third-order valence-electron chi connectivity index (χ3n) is 5.41. The summed E-state index contributed by atoms with van der Waals surface area (Å²) in [6, 6.07) is 12.3. The first-order chi connectivity index (χ1) is 15.1. The Balaban J connectivity index is 1.42. The van der Waals surface area contributed by atoms with Crippen molar-refractivity contribution in [3.8, 4) is 11.4 Å². The van der Waals surface area contributed by atoms with Crippen LogP contribution in [0, 0.1) is 5.82 Å². The molecule has 1 unspecified atom stereocenters. The number of methoxy groups -OCH3 is 1. The number of benzene rings is 2. The smallest absolute Gasteiger partial charge is 0.246 e. The van der Waals surface area contributed by atoms with Gasteiger partial charge in [0.05, 0.1) is 12.8 Å². The highest BCUT2D eigenvalue weighted by Gasteiger charge is 2.26. The van der Waals surface area contributed by atoms with Crippen molar-refractivity contribution in [2.24, 2.45) is 0 Å². The van der Waals surface area contributed by atoms with E-state index in [-0.39, 0.29) is 11.7 Å². The topological polar surface area (TPSA) is 69.8 Å². The molecule has 0 spiro atoms. The van der Waals surface area contributed by atoms with E-state index in [9.17, 15) is 4.39 Å². The second kappa shape index (κ2) is 8.03. The quantitative estimate of drug-likeness (QED) is 0.478. The second-order valence-corrected chi connectivity index (χ2v) is 7.77. The van der Waals surface area contributed by atoms with E-state index in [4.69, 9.17) is 21.3 Å². The molecular formula is C22H20ClFN6O. The van der Waals surface area contributed by atoms with Crippen LogP contribution in [0.1, 0.15) is 30.1 Å². The molecular weight excluding hydrogens is 419 g/mol. The van der Waals surface area contributed by atoms with E-state index < -0.39 is 0 Å². The van der Waals surface area contributed by atoms with Crippen LogP contribution in [0.3, 0.4) is 0 Å². The van der Waals surface area contributed by atoms with Gasteiger partial charge in [0.1, 0.15) is 28.9 Å². The lowest BCUT2D eigenvalue weighted by Crippen LogP contribution is -2.17. The molecule has 2 aromatic heterocycles. The van der Waals surface area contributed by atoms with Gasteiger partial charge >= 0.3 is 0 Å². The molecule has 0 radical (unpaired) electrons. The van der Waals surface area contributed by atoms with Crippen LogP contribution in [0.15, 0.2) is 55.0 Å². The minimum Gasteiger partial charge on any atom is -0.494 e. The Labute approximate surface area is 183 Å².